The molecule has 0 spiro atoms. The van der Waals surface area contributed by atoms with Crippen LogP contribution in [0.5, 0.6) is 0 Å². The third-order valence-electron chi connectivity index (χ3n) is 4.30. The molecule has 3 rings (SSSR count). The zero-order valence-corrected chi connectivity index (χ0v) is 10.7. The number of aldehydes is 1. The molecule has 5 heteroatoms. The van der Waals surface area contributed by atoms with Crippen LogP contribution in [-0.2, 0) is 23.9 Å². The quantitative estimate of drug-likeness (QED) is 0.613. The van der Waals surface area contributed by atoms with Crippen molar-refractivity contribution in [2.24, 2.45) is 11.8 Å². The summed E-state index contributed by atoms with van der Waals surface area (Å²) in [6.07, 6.45) is 1.29. The van der Waals surface area contributed by atoms with Crippen molar-refractivity contribution in [2.45, 2.75) is 24.5 Å². The van der Waals surface area contributed by atoms with Gasteiger partial charge < -0.3 is 14.3 Å². The minimum atomic E-state index is -1.27. The fraction of sp³-hybridized carbons (Fsp3) is 0.400. The maximum atomic E-state index is 11.5. The topological polar surface area (TPSA) is 69.7 Å². The third-order valence-corrected chi connectivity index (χ3v) is 4.30. The Balaban J connectivity index is 1.98. The second-order valence-electron chi connectivity index (χ2n) is 5.25. The maximum absolute atomic E-state index is 11.5. The summed E-state index contributed by atoms with van der Waals surface area (Å²) in [5.41, 5.74) is 0.990. The molecule has 1 aliphatic carbocycles. The van der Waals surface area contributed by atoms with Crippen molar-refractivity contribution in [3.05, 3.63) is 35.9 Å². The smallest absolute Gasteiger partial charge is 0.309 e. The predicted molar refractivity (Wildman–Crippen MR) is 67.4 cm³/mol. The number of benzene rings is 1. The Bertz CT molecular complexity index is 540. The molecule has 1 aromatic carbocycles. The number of carbonyl (C=O) groups excluding carboxylic acids is 3. The summed E-state index contributed by atoms with van der Waals surface area (Å²) in [5.74, 6) is -2.58. The second kappa shape index (κ2) is 4.74. The summed E-state index contributed by atoms with van der Waals surface area (Å²) in [4.78, 5) is 33.7. The first-order valence-electron chi connectivity index (χ1n) is 6.54. The molecule has 0 unspecified atom stereocenters. The molecule has 0 radical (unpaired) electrons. The number of hydrogen-bond acceptors (Lipinski definition) is 5. The summed E-state index contributed by atoms with van der Waals surface area (Å²) in [6.45, 7) is 0.292. The molecule has 1 heterocycles. The average molecular weight is 274 g/mol. The van der Waals surface area contributed by atoms with Gasteiger partial charge in [0.2, 0.25) is 0 Å². The van der Waals surface area contributed by atoms with Crippen LogP contribution in [0.1, 0.15) is 24.3 Å². The molecular formula is C15H14O5. The van der Waals surface area contributed by atoms with Gasteiger partial charge in [0, 0.05) is 18.3 Å². The van der Waals surface area contributed by atoms with E-state index < -0.39 is 17.7 Å². The summed E-state index contributed by atoms with van der Waals surface area (Å²) >= 11 is 0. The van der Waals surface area contributed by atoms with Gasteiger partial charge in [0.25, 0.3) is 12.3 Å². The summed E-state index contributed by atoms with van der Waals surface area (Å²) in [5, 5.41) is 0. The van der Waals surface area contributed by atoms with Gasteiger partial charge in [-0.2, -0.15) is 0 Å². The minimum Gasteiger partial charge on any atom is -0.424 e. The van der Waals surface area contributed by atoms with Crippen LogP contribution in [0, 0.1) is 11.8 Å². The van der Waals surface area contributed by atoms with E-state index >= 15 is 0 Å². The van der Waals surface area contributed by atoms with Gasteiger partial charge in [0.05, 0.1) is 12.3 Å². The van der Waals surface area contributed by atoms with E-state index in [0.717, 1.165) is 11.8 Å². The molecule has 1 aliphatic heterocycles. The van der Waals surface area contributed by atoms with Gasteiger partial charge in [-0.3, -0.25) is 9.59 Å². The molecule has 0 amide bonds. The van der Waals surface area contributed by atoms with E-state index in [-0.39, 0.29) is 18.3 Å². The number of carbonyl (C=O) groups is 3. The number of fused-ring (bicyclic) bond motifs is 1. The van der Waals surface area contributed by atoms with E-state index in [0.29, 0.717) is 12.9 Å². The lowest BCUT2D eigenvalue weighted by Crippen LogP contribution is -2.35. The molecule has 0 aromatic heterocycles. The van der Waals surface area contributed by atoms with Crippen molar-refractivity contribution in [3.8, 4) is 0 Å². The summed E-state index contributed by atoms with van der Waals surface area (Å²) < 4.78 is 10.3. The zero-order chi connectivity index (χ0) is 14.2. The normalized spacial score (nSPS) is 35.2. The molecule has 5 nitrogen and oxygen atoms in total. The first kappa shape index (κ1) is 12.8. The second-order valence-corrected chi connectivity index (χ2v) is 5.25. The lowest BCUT2D eigenvalue weighted by Gasteiger charge is -2.25. The Morgan fingerprint density at radius 2 is 2.00 bits per heavy atom. The molecule has 104 valence electrons. The number of esters is 1. The highest BCUT2D eigenvalue weighted by atomic mass is 16.7. The Morgan fingerprint density at radius 1 is 1.25 bits per heavy atom. The molecule has 1 saturated heterocycles. The third kappa shape index (κ3) is 1.81. The Morgan fingerprint density at radius 3 is 2.65 bits per heavy atom. The molecule has 2 fully saturated rings. The molecular weight excluding hydrogens is 260 g/mol. The predicted octanol–water partition coefficient (Wildman–Crippen LogP) is 1.42. The molecule has 0 N–H and O–H groups in total. The van der Waals surface area contributed by atoms with Crippen molar-refractivity contribution in [1.29, 1.82) is 0 Å². The first-order chi connectivity index (χ1) is 9.70. The van der Waals surface area contributed by atoms with Crippen LogP contribution in [0.3, 0.4) is 0 Å². The minimum absolute atomic E-state index is 0.105. The Kier molecular flexibility index (Phi) is 3.04. The fourth-order valence-corrected chi connectivity index (χ4v) is 3.46. The molecule has 2 aliphatic rings. The first-order valence-corrected chi connectivity index (χ1v) is 6.54. The van der Waals surface area contributed by atoms with Crippen LogP contribution < -0.4 is 0 Å². The fourth-order valence-electron chi connectivity index (χ4n) is 3.46. The van der Waals surface area contributed by atoms with Gasteiger partial charge in [-0.15, -0.1) is 0 Å². The van der Waals surface area contributed by atoms with Crippen molar-refractivity contribution in [2.75, 3.05) is 0 Å². The van der Waals surface area contributed by atoms with Gasteiger partial charge in [0.1, 0.15) is 6.29 Å². The summed E-state index contributed by atoms with van der Waals surface area (Å²) in [6, 6.07) is 9.54. The lowest BCUT2D eigenvalue weighted by atomic mass is 9.85. The monoisotopic (exact) mass is 274 g/mol. The Labute approximate surface area is 115 Å². The van der Waals surface area contributed by atoms with E-state index in [2.05, 4.69) is 0 Å². The molecule has 1 aromatic rings. The number of hydrogen-bond donors (Lipinski definition) is 0. The van der Waals surface area contributed by atoms with E-state index in [9.17, 15) is 14.4 Å². The van der Waals surface area contributed by atoms with Crippen molar-refractivity contribution < 1.29 is 23.9 Å². The van der Waals surface area contributed by atoms with E-state index in [1.54, 1.807) is 0 Å². The van der Waals surface area contributed by atoms with Gasteiger partial charge >= 0.3 is 5.97 Å². The molecule has 0 bridgehead atoms. The van der Waals surface area contributed by atoms with Gasteiger partial charge in [0.15, 0.2) is 0 Å². The SMILES string of the molecule is O=CO[C@@]12C[C@@H](c3ccccc3)[C@@H](C=O)[C@H]1CC(=O)O2. The van der Waals surface area contributed by atoms with Crippen molar-refractivity contribution in [1.82, 2.24) is 0 Å². The summed E-state index contributed by atoms with van der Waals surface area (Å²) in [7, 11) is 0. The number of ether oxygens (including phenoxy) is 2. The maximum Gasteiger partial charge on any atom is 0.309 e. The molecule has 4 atom stereocenters. The highest BCUT2D eigenvalue weighted by Gasteiger charge is 2.63. The van der Waals surface area contributed by atoms with Crippen LogP contribution in [-0.4, -0.2) is 24.5 Å². The van der Waals surface area contributed by atoms with Gasteiger partial charge in [-0.1, -0.05) is 30.3 Å². The van der Waals surface area contributed by atoms with Crippen molar-refractivity contribution >= 4 is 18.7 Å². The molecule has 20 heavy (non-hydrogen) atoms. The Hall–Kier alpha value is -2.17. The largest absolute Gasteiger partial charge is 0.424 e. The van der Waals surface area contributed by atoms with Crippen LogP contribution >= 0.6 is 0 Å². The van der Waals surface area contributed by atoms with E-state index in [1.807, 2.05) is 30.3 Å². The van der Waals surface area contributed by atoms with E-state index in [4.69, 9.17) is 9.47 Å². The highest BCUT2D eigenvalue weighted by molar-refractivity contribution is 5.75. The standard InChI is InChI=1S/C15H14O5/c16-8-12-11(10-4-2-1-3-5-10)7-15(19-9-17)13(12)6-14(18)20-15/h1-5,8-9,11-13H,6-7H2/t11-,12+,13+,15+/m0/s1. The van der Waals surface area contributed by atoms with Gasteiger partial charge in [-0.25, -0.2) is 0 Å². The van der Waals surface area contributed by atoms with Crippen LogP contribution in [0.25, 0.3) is 0 Å². The van der Waals surface area contributed by atoms with Crippen molar-refractivity contribution in [3.63, 3.8) is 0 Å². The average Bonchev–Trinajstić information content (AvgIpc) is 2.90. The van der Waals surface area contributed by atoms with Crippen LogP contribution in [0.15, 0.2) is 30.3 Å². The number of rotatable bonds is 4. The molecule has 1 saturated carbocycles. The zero-order valence-electron chi connectivity index (χ0n) is 10.7. The van der Waals surface area contributed by atoms with Crippen LogP contribution in [0.2, 0.25) is 0 Å². The lowest BCUT2D eigenvalue weighted by molar-refractivity contribution is -0.211. The van der Waals surface area contributed by atoms with E-state index in [1.165, 1.54) is 0 Å². The van der Waals surface area contributed by atoms with Gasteiger partial charge in [-0.05, 0) is 5.56 Å². The van der Waals surface area contributed by atoms with Crippen LogP contribution in [0.4, 0.5) is 0 Å². The highest BCUT2D eigenvalue weighted by Crippen LogP contribution is 2.55.